The molecule has 3 rings (SSSR count). The van der Waals surface area contributed by atoms with Crippen LogP contribution in [-0.2, 0) is 17.8 Å². The van der Waals surface area contributed by atoms with Crippen molar-refractivity contribution in [1.82, 2.24) is 10.2 Å². The molecule has 0 fully saturated rings. The predicted molar refractivity (Wildman–Crippen MR) is 104 cm³/mol. The molecular weight excluding hydrogens is 340 g/mol. The minimum absolute atomic E-state index is 0.0811. The number of amides is 2. The normalized spacial score (nSPS) is 17.5. The number of rotatable bonds is 6. The third-order valence-corrected chi connectivity index (χ3v) is 5.11. The van der Waals surface area contributed by atoms with Crippen LogP contribution in [0.15, 0.2) is 47.1 Å². The van der Waals surface area contributed by atoms with E-state index in [0.717, 1.165) is 24.0 Å². The molecule has 0 saturated carbocycles. The van der Waals surface area contributed by atoms with Crippen molar-refractivity contribution in [2.75, 3.05) is 0 Å². The van der Waals surface area contributed by atoms with Gasteiger partial charge in [0.25, 0.3) is 5.91 Å². The number of carbonyl (C=O) groups is 2. The van der Waals surface area contributed by atoms with Gasteiger partial charge in [0.1, 0.15) is 6.04 Å². The number of benzene rings is 1. The first kappa shape index (κ1) is 19.2. The summed E-state index contributed by atoms with van der Waals surface area (Å²) in [4.78, 5) is 27.6. The van der Waals surface area contributed by atoms with E-state index < -0.39 is 6.04 Å². The Bertz CT molecular complexity index is 783. The SMILES string of the molecule is CC(C)CC[C@H](C)NC(=O)[C@@H]1Cc2ccccc2CN1C(=O)c1ccco1. The Morgan fingerprint density at radius 1 is 1.11 bits per heavy atom. The summed E-state index contributed by atoms with van der Waals surface area (Å²) in [5.41, 5.74) is 2.20. The number of carbonyl (C=O) groups excluding carboxylic acids is 2. The fraction of sp³-hybridized carbons (Fsp3) is 0.455. The van der Waals surface area contributed by atoms with Gasteiger partial charge in [0, 0.05) is 19.0 Å². The molecule has 1 aliphatic rings. The first-order valence-corrected chi connectivity index (χ1v) is 9.67. The second kappa shape index (κ2) is 8.42. The zero-order valence-corrected chi connectivity index (χ0v) is 16.3. The monoisotopic (exact) mass is 368 g/mol. The molecule has 144 valence electrons. The number of hydrogen-bond donors (Lipinski definition) is 1. The highest BCUT2D eigenvalue weighted by atomic mass is 16.3. The lowest BCUT2D eigenvalue weighted by molar-refractivity contribution is -0.126. The van der Waals surface area contributed by atoms with Crippen LogP contribution in [-0.4, -0.2) is 28.8 Å². The Morgan fingerprint density at radius 3 is 2.52 bits per heavy atom. The maximum Gasteiger partial charge on any atom is 0.290 e. The van der Waals surface area contributed by atoms with Crippen LogP contribution >= 0.6 is 0 Å². The van der Waals surface area contributed by atoms with Gasteiger partial charge in [-0.2, -0.15) is 0 Å². The van der Waals surface area contributed by atoms with Gasteiger partial charge in [0.05, 0.1) is 6.26 Å². The average Bonchev–Trinajstić information content (AvgIpc) is 3.19. The van der Waals surface area contributed by atoms with E-state index in [1.165, 1.54) is 6.26 Å². The van der Waals surface area contributed by atoms with Gasteiger partial charge in [0.15, 0.2) is 5.76 Å². The van der Waals surface area contributed by atoms with Gasteiger partial charge < -0.3 is 14.6 Å². The second-order valence-electron chi connectivity index (χ2n) is 7.78. The van der Waals surface area contributed by atoms with Crippen LogP contribution < -0.4 is 5.32 Å². The lowest BCUT2D eigenvalue weighted by Crippen LogP contribution is -2.54. The molecule has 1 N–H and O–H groups in total. The molecule has 0 unspecified atom stereocenters. The molecule has 1 aromatic carbocycles. The summed E-state index contributed by atoms with van der Waals surface area (Å²) in [6, 6.07) is 10.9. The van der Waals surface area contributed by atoms with Crippen molar-refractivity contribution in [2.24, 2.45) is 5.92 Å². The van der Waals surface area contributed by atoms with Crippen molar-refractivity contribution >= 4 is 11.8 Å². The van der Waals surface area contributed by atoms with E-state index in [9.17, 15) is 9.59 Å². The van der Waals surface area contributed by atoms with E-state index in [1.54, 1.807) is 17.0 Å². The Hall–Kier alpha value is -2.56. The lowest BCUT2D eigenvalue weighted by atomic mass is 9.93. The smallest absolute Gasteiger partial charge is 0.290 e. The van der Waals surface area contributed by atoms with Crippen molar-refractivity contribution in [3.05, 3.63) is 59.5 Å². The summed E-state index contributed by atoms with van der Waals surface area (Å²) < 4.78 is 5.29. The summed E-state index contributed by atoms with van der Waals surface area (Å²) >= 11 is 0. The van der Waals surface area contributed by atoms with E-state index in [-0.39, 0.29) is 23.6 Å². The molecule has 5 heteroatoms. The molecule has 5 nitrogen and oxygen atoms in total. The summed E-state index contributed by atoms with van der Waals surface area (Å²) in [5.74, 6) is 0.521. The number of nitrogens with zero attached hydrogens (tertiary/aromatic N) is 1. The summed E-state index contributed by atoms with van der Waals surface area (Å²) in [6.07, 6.45) is 3.99. The third kappa shape index (κ3) is 4.59. The van der Waals surface area contributed by atoms with Crippen LogP contribution in [0.25, 0.3) is 0 Å². The maximum absolute atomic E-state index is 13.0. The molecule has 1 aliphatic heterocycles. The second-order valence-corrected chi connectivity index (χ2v) is 7.78. The number of furan rings is 1. The minimum Gasteiger partial charge on any atom is -0.459 e. The summed E-state index contributed by atoms with van der Waals surface area (Å²) in [7, 11) is 0. The van der Waals surface area contributed by atoms with Crippen molar-refractivity contribution in [3.8, 4) is 0 Å². The molecule has 0 spiro atoms. The molecule has 0 aliphatic carbocycles. The fourth-order valence-corrected chi connectivity index (χ4v) is 3.51. The highest BCUT2D eigenvalue weighted by Crippen LogP contribution is 2.25. The molecule has 2 amide bonds. The molecular formula is C22H28N2O3. The van der Waals surface area contributed by atoms with Gasteiger partial charge in [-0.05, 0) is 48.9 Å². The number of hydrogen-bond acceptors (Lipinski definition) is 3. The molecule has 2 atom stereocenters. The first-order chi connectivity index (χ1) is 13.0. The van der Waals surface area contributed by atoms with E-state index >= 15 is 0 Å². The van der Waals surface area contributed by atoms with Crippen molar-refractivity contribution < 1.29 is 14.0 Å². The average molecular weight is 368 g/mol. The highest BCUT2D eigenvalue weighted by molar-refractivity contribution is 5.96. The first-order valence-electron chi connectivity index (χ1n) is 9.67. The fourth-order valence-electron chi connectivity index (χ4n) is 3.51. The van der Waals surface area contributed by atoms with Crippen LogP contribution in [0.3, 0.4) is 0 Å². The van der Waals surface area contributed by atoms with Gasteiger partial charge in [-0.25, -0.2) is 0 Å². The molecule has 1 aromatic heterocycles. The third-order valence-electron chi connectivity index (χ3n) is 5.11. The van der Waals surface area contributed by atoms with E-state index in [4.69, 9.17) is 4.42 Å². The lowest BCUT2D eigenvalue weighted by Gasteiger charge is -2.36. The van der Waals surface area contributed by atoms with Crippen LogP contribution in [0.5, 0.6) is 0 Å². The van der Waals surface area contributed by atoms with Crippen LogP contribution in [0.4, 0.5) is 0 Å². The molecule has 27 heavy (non-hydrogen) atoms. The van der Waals surface area contributed by atoms with E-state index in [2.05, 4.69) is 19.2 Å². The molecule has 0 bridgehead atoms. The van der Waals surface area contributed by atoms with Gasteiger partial charge in [-0.15, -0.1) is 0 Å². The Labute approximate surface area is 160 Å². The minimum atomic E-state index is -0.529. The molecule has 0 radical (unpaired) electrons. The molecule has 0 saturated heterocycles. The Balaban J connectivity index is 1.79. The van der Waals surface area contributed by atoms with E-state index in [1.807, 2.05) is 31.2 Å². The Kier molecular flexibility index (Phi) is 5.99. The topological polar surface area (TPSA) is 62.6 Å². The predicted octanol–water partition coefficient (Wildman–Crippen LogP) is 3.79. The zero-order chi connectivity index (χ0) is 19.4. The number of nitrogens with one attached hydrogen (secondary N) is 1. The number of fused-ring (bicyclic) bond motifs is 1. The van der Waals surface area contributed by atoms with Gasteiger partial charge in [-0.3, -0.25) is 9.59 Å². The highest BCUT2D eigenvalue weighted by Gasteiger charge is 2.36. The van der Waals surface area contributed by atoms with Crippen LogP contribution in [0.1, 0.15) is 55.3 Å². The van der Waals surface area contributed by atoms with Gasteiger partial charge in [0.2, 0.25) is 5.91 Å². The summed E-state index contributed by atoms with van der Waals surface area (Å²) in [5, 5.41) is 3.10. The molecule has 2 heterocycles. The van der Waals surface area contributed by atoms with Crippen molar-refractivity contribution in [2.45, 2.75) is 58.7 Å². The van der Waals surface area contributed by atoms with Gasteiger partial charge in [-0.1, -0.05) is 38.1 Å². The van der Waals surface area contributed by atoms with Crippen LogP contribution in [0, 0.1) is 5.92 Å². The van der Waals surface area contributed by atoms with Crippen LogP contribution in [0.2, 0.25) is 0 Å². The largest absolute Gasteiger partial charge is 0.459 e. The van der Waals surface area contributed by atoms with E-state index in [0.29, 0.717) is 18.9 Å². The zero-order valence-electron chi connectivity index (χ0n) is 16.3. The summed E-state index contributed by atoms with van der Waals surface area (Å²) in [6.45, 7) is 6.79. The van der Waals surface area contributed by atoms with Crippen molar-refractivity contribution in [1.29, 1.82) is 0 Å². The quantitative estimate of drug-likeness (QED) is 0.844. The Morgan fingerprint density at radius 2 is 1.85 bits per heavy atom. The van der Waals surface area contributed by atoms with Crippen molar-refractivity contribution in [3.63, 3.8) is 0 Å². The standard InChI is InChI=1S/C22H28N2O3/c1-15(2)10-11-16(3)23-21(25)19-13-17-7-4-5-8-18(17)14-24(19)22(26)20-9-6-12-27-20/h4-9,12,15-16,19H,10-11,13-14H2,1-3H3,(H,23,25)/t16-,19-/m0/s1. The van der Waals surface area contributed by atoms with Gasteiger partial charge >= 0.3 is 0 Å². The maximum atomic E-state index is 13.0. The molecule has 2 aromatic rings.